The van der Waals surface area contributed by atoms with Crippen molar-refractivity contribution < 1.29 is 46.5 Å². The molecule has 3 aliphatic rings. The highest BCUT2D eigenvalue weighted by Gasteiger charge is 2.55. The first-order valence-corrected chi connectivity index (χ1v) is 17.6. The summed E-state index contributed by atoms with van der Waals surface area (Å²) < 4.78 is 65.9. The van der Waals surface area contributed by atoms with Gasteiger partial charge in [0.1, 0.15) is 48.1 Å². The summed E-state index contributed by atoms with van der Waals surface area (Å²) >= 11 is 9.20. The first kappa shape index (κ1) is 29.3. The zero-order valence-electron chi connectivity index (χ0n) is 21.2. The molecule has 4 aromatic rings. The number of aliphatic hydroxyl groups is 1. The Balaban J connectivity index is 1.21. The minimum Gasteiger partial charge on any atom is -0.385 e. The molecule has 43 heavy (non-hydrogen) atoms. The second-order valence-corrected chi connectivity index (χ2v) is 15.2. The summed E-state index contributed by atoms with van der Waals surface area (Å²) in [5.74, 6) is 0.119. The van der Waals surface area contributed by atoms with E-state index in [9.17, 15) is 14.6 Å². The van der Waals surface area contributed by atoms with E-state index in [2.05, 4.69) is 42.2 Å². The van der Waals surface area contributed by atoms with E-state index < -0.39 is 69.5 Å². The molecule has 0 amide bonds. The molecule has 3 unspecified atom stereocenters. The Morgan fingerprint density at radius 1 is 0.930 bits per heavy atom. The van der Waals surface area contributed by atoms with Crippen LogP contribution in [0.4, 0.5) is 16.0 Å². The first-order chi connectivity index (χ1) is 20.4. The smallest absolute Gasteiger partial charge is 0.385 e. The number of nitrogen functional groups attached to an aromatic ring is 2. The largest absolute Gasteiger partial charge is 0.388 e. The zero-order valence-corrected chi connectivity index (χ0v) is 24.7. The number of nitrogens with two attached hydrogens (primary N) is 2. The van der Waals surface area contributed by atoms with Crippen LogP contribution in [0.15, 0.2) is 25.3 Å². The second kappa shape index (κ2) is 10.6. The molecule has 7 rings (SSSR count). The summed E-state index contributed by atoms with van der Waals surface area (Å²) in [6, 6.07) is 0. The van der Waals surface area contributed by atoms with E-state index in [0.717, 1.165) is 0 Å². The quantitative estimate of drug-likeness (QED) is 0.142. The maximum atomic E-state index is 16.0. The van der Waals surface area contributed by atoms with Crippen molar-refractivity contribution in [3.63, 3.8) is 0 Å². The molecule has 10 atom stereocenters. The molecule has 0 aliphatic carbocycles. The lowest BCUT2D eigenvalue weighted by Gasteiger charge is -2.29. The fourth-order valence-electron chi connectivity index (χ4n) is 5.00. The summed E-state index contributed by atoms with van der Waals surface area (Å²) in [6.07, 6.45) is -7.87. The minimum atomic E-state index is -4.52. The number of aliphatic hydroxyl groups excluding tert-OH is 1. The lowest BCUT2D eigenvalue weighted by Crippen LogP contribution is -2.37. The number of thiol groups is 1. The standard InChI is InChI=1S/C19H21FN10O9P2S2/c20-7-11-6(35-17(7)29-4-27-8-13(21)23-2-25-15(8)29)1-34-40(32,42)38-12-10(31)19(39-41(33,43)37-11)36-18(12)30-5-28-9-14(22)24-3-26-16(9)30/h2-7,10-12,17-19,31H,1H2,(H,32,42)(H,33,43)(H2,21,23,25)(H2,22,24,26)/t6?,7-,10+,11-,12-,17-,18-,19-,40?,41?/m1/s1. The fraction of sp³-hybridized carbons (Fsp3) is 0.474. The van der Waals surface area contributed by atoms with Crippen LogP contribution < -0.4 is 11.5 Å². The number of ether oxygens (including phenoxy) is 2. The molecule has 24 heteroatoms. The van der Waals surface area contributed by atoms with Gasteiger partial charge in [-0.15, -0.1) is 0 Å². The topological polar surface area (TPSA) is 252 Å². The van der Waals surface area contributed by atoms with Gasteiger partial charge in [-0.25, -0.2) is 38.9 Å². The molecule has 6 N–H and O–H groups in total. The maximum absolute atomic E-state index is 16.0. The van der Waals surface area contributed by atoms with Crippen molar-refractivity contribution in [3.8, 4) is 0 Å². The van der Waals surface area contributed by atoms with Gasteiger partial charge in [-0.05, 0) is 11.8 Å². The highest BCUT2D eigenvalue weighted by molar-refractivity contribution is 8.44. The number of halogens is 1. The van der Waals surface area contributed by atoms with Gasteiger partial charge in [0.15, 0.2) is 47.8 Å². The average molecular weight is 679 g/mol. The van der Waals surface area contributed by atoms with Crippen LogP contribution in [0, 0.1) is 0 Å². The van der Waals surface area contributed by atoms with Crippen LogP contribution in [0.25, 0.3) is 22.3 Å². The van der Waals surface area contributed by atoms with E-state index in [4.69, 9.17) is 50.8 Å². The maximum Gasteiger partial charge on any atom is 0.388 e. The van der Waals surface area contributed by atoms with Crippen molar-refractivity contribution in [3.05, 3.63) is 25.3 Å². The van der Waals surface area contributed by atoms with Gasteiger partial charge in [0.25, 0.3) is 0 Å². The molecule has 4 aromatic heterocycles. The normalized spacial score (nSPS) is 38.6. The van der Waals surface area contributed by atoms with Gasteiger partial charge >= 0.3 is 13.5 Å². The number of imidazole rings is 2. The number of nitrogens with zero attached hydrogens (tertiary/aromatic N) is 8. The molecule has 0 saturated carbocycles. The Morgan fingerprint density at radius 3 is 2.16 bits per heavy atom. The van der Waals surface area contributed by atoms with E-state index in [0.29, 0.717) is 0 Å². The number of rotatable bonds is 2. The van der Waals surface area contributed by atoms with Crippen LogP contribution in [0.3, 0.4) is 0 Å². The van der Waals surface area contributed by atoms with Crippen molar-refractivity contribution in [2.45, 2.75) is 49.3 Å². The number of anilines is 2. The monoisotopic (exact) mass is 678 g/mol. The molecule has 3 saturated heterocycles. The third-order valence-corrected chi connectivity index (χ3v) is 10.0. The van der Waals surface area contributed by atoms with Crippen LogP contribution in [0.1, 0.15) is 12.5 Å². The van der Waals surface area contributed by atoms with Crippen LogP contribution in [-0.2, 0) is 43.9 Å². The molecule has 0 spiro atoms. The molecule has 2 bridgehead atoms. The van der Waals surface area contributed by atoms with Gasteiger partial charge in [-0.3, -0.25) is 22.7 Å². The van der Waals surface area contributed by atoms with E-state index in [1.165, 1.54) is 34.4 Å². The lowest BCUT2D eigenvalue weighted by molar-refractivity contribution is -0.130. The third kappa shape index (κ3) is 5.10. The Morgan fingerprint density at radius 2 is 1.53 bits per heavy atom. The first-order valence-electron chi connectivity index (χ1n) is 12.3. The summed E-state index contributed by atoms with van der Waals surface area (Å²) in [5.41, 5.74) is 12.4. The molecule has 0 radical (unpaired) electrons. The predicted octanol–water partition coefficient (Wildman–Crippen LogP) is 0.354. The van der Waals surface area contributed by atoms with E-state index in [1.807, 2.05) is 0 Å². The lowest BCUT2D eigenvalue weighted by atomic mass is 10.1. The van der Waals surface area contributed by atoms with Crippen molar-refractivity contribution >= 4 is 71.5 Å². The van der Waals surface area contributed by atoms with Gasteiger partial charge in [-0.1, -0.05) is 12.2 Å². The summed E-state index contributed by atoms with van der Waals surface area (Å²) in [7, 11) is 0. The number of hydrogen-bond donors (Lipinski definition) is 5. The van der Waals surface area contributed by atoms with Crippen LogP contribution >= 0.6 is 25.8 Å². The molecule has 19 nitrogen and oxygen atoms in total. The van der Waals surface area contributed by atoms with E-state index in [-0.39, 0.29) is 34.0 Å². The van der Waals surface area contributed by atoms with Crippen molar-refractivity contribution in [1.29, 1.82) is 0 Å². The summed E-state index contributed by atoms with van der Waals surface area (Å²) in [5, 5.41) is 11.1. The fourth-order valence-corrected chi connectivity index (χ4v) is 8.06. The summed E-state index contributed by atoms with van der Waals surface area (Å²) in [6.45, 7) is -9.33. The molecular formula is C19H21FN10O9P2S2. The predicted molar refractivity (Wildman–Crippen MR) is 148 cm³/mol. The zero-order chi connectivity index (χ0) is 30.3. The van der Waals surface area contributed by atoms with E-state index >= 15 is 4.39 Å². The SMILES string of the molecule is Nc1ncnc2c1ncn2[C@@H]1OC2COP(O)(=S)O[C@@H]3[C@H](O)[C@H](O[C@H]3n3cnc4c(N)ncnc43)OP(=O)(S)O[C@H]2[C@H]1F. The molecule has 3 fully saturated rings. The van der Waals surface area contributed by atoms with Crippen molar-refractivity contribution in [2.75, 3.05) is 18.1 Å². The highest BCUT2D eigenvalue weighted by Crippen LogP contribution is 2.60. The van der Waals surface area contributed by atoms with Gasteiger partial charge in [0.2, 0.25) is 0 Å². The van der Waals surface area contributed by atoms with Gasteiger partial charge in [0, 0.05) is 0 Å². The number of fused-ring (bicyclic) bond motifs is 5. The number of alkyl halides is 1. The number of hydrogen-bond acceptors (Lipinski definition) is 17. The molecule has 230 valence electrons. The van der Waals surface area contributed by atoms with Crippen molar-refractivity contribution in [1.82, 2.24) is 39.0 Å². The average Bonchev–Trinajstić information content (AvgIpc) is 3.70. The summed E-state index contributed by atoms with van der Waals surface area (Å²) in [4.78, 5) is 35.2. The Hall–Kier alpha value is -2.46. The molecular weight excluding hydrogens is 657 g/mol. The molecule has 3 aliphatic heterocycles. The Kier molecular flexibility index (Phi) is 7.19. The van der Waals surface area contributed by atoms with Gasteiger partial charge in [0.05, 0.1) is 19.3 Å². The highest BCUT2D eigenvalue weighted by atomic mass is 32.7. The molecule has 0 aromatic carbocycles. The third-order valence-electron chi connectivity index (χ3n) is 6.91. The van der Waals surface area contributed by atoms with Gasteiger partial charge < -0.3 is 35.5 Å². The van der Waals surface area contributed by atoms with Crippen LogP contribution in [-0.4, -0.2) is 92.5 Å². The molecule has 7 heterocycles. The number of aromatic nitrogens is 8. The van der Waals surface area contributed by atoms with Crippen LogP contribution in [0.5, 0.6) is 0 Å². The second-order valence-electron chi connectivity index (χ2n) is 9.54. The Bertz CT molecular complexity index is 1820. The Labute approximate surface area is 249 Å². The van der Waals surface area contributed by atoms with Crippen molar-refractivity contribution in [2.24, 2.45) is 0 Å². The van der Waals surface area contributed by atoms with E-state index in [1.54, 1.807) is 0 Å². The minimum absolute atomic E-state index is 0.0566. The van der Waals surface area contributed by atoms with Crippen LogP contribution in [0.2, 0.25) is 0 Å². The van der Waals surface area contributed by atoms with Gasteiger partial charge in [-0.2, -0.15) is 0 Å².